The number of hydrogen-bond acceptors (Lipinski definition) is 6. The van der Waals surface area contributed by atoms with Crippen LogP contribution in [0.5, 0.6) is 0 Å². The number of hydrazine groups is 1. The number of fused-ring (bicyclic) bond motifs is 3. The van der Waals surface area contributed by atoms with E-state index in [9.17, 15) is 13.2 Å². The molecule has 0 bridgehead atoms. The summed E-state index contributed by atoms with van der Waals surface area (Å²) in [6, 6.07) is 12.4. The average molecular weight is 416 g/mol. The van der Waals surface area contributed by atoms with Gasteiger partial charge in [0.1, 0.15) is 0 Å². The van der Waals surface area contributed by atoms with E-state index >= 15 is 0 Å². The lowest BCUT2D eigenvalue weighted by atomic mass is 9.91. The second-order valence-electron chi connectivity index (χ2n) is 6.83. The van der Waals surface area contributed by atoms with E-state index in [0.717, 1.165) is 23.1 Å². The Morgan fingerprint density at radius 3 is 2.68 bits per heavy atom. The number of sulfone groups is 1. The molecule has 3 aromatic rings. The summed E-state index contributed by atoms with van der Waals surface area (Å²) in [6.07, 6.45) is 4.41. The second-order valence-corrected chi connectivity index (χ2v) is 9.97. The maximum absolute atomic E-state index is 12.3. The van der Waals surface area contributed by atoms with Crippen molar-refractivity contribution >= 4 is 42.4 Å². The van der Waals surface area contributed by atoms with E-state index in [-0.39, 0.29) is 23.0 Å². The van der Waals surface area contributed by atoms with Gasteiger partial charge in [0.15, 0.2) is 9.84 Å². The van der Waals surface area contributed by atoms with Crippen LogP contribution in [0, 0.1) is 0 Å². The van der Waals surface area contributed by atoms with Crippen LogP contribution < -0.4 is 10.9 Å². The van der Waals surface area contributed by atoms with Crippen molar-refractivity contribution in [1.82, 2.24) is 10.4 Å². The van der Waals surface area contributed by atoms with Gasteiger partial charge in [-0.05, 0) is 55.0 Å². The summed E-state index contributed by atoms with van der Waals surface area (Å²) in [4.78, 5) is 16.9. The van der Waals surface area contributed by atoms with Crippen molar-refractivity contribution in [3.8, 4) is 0 Å². The summed E-state index contributed by atoms with van der Waals surface area (Å²) in [5.41, 5.74) is 9.07. The van der Waals surface area contributed by atoms with Crippen molar-refractivity contribution < 1.29 is 13.2 Å². The van der Waals surface area contributed by atoms with Crippen molar-refractivity contribution in [2.24, 2.45) is 0 Å². The molecule has 0 atom stereocenters. The minimum Gasteiger partial charge on any atom is -0.273 e. The number of anilines is 1. The molecule has 0 spiro atoms. The lowest BCUT2D eigenvalue weighted by molar-refractivity contribution is -0.120. The molecule has 0 unspecified atom stereocenters. The number of thiazole rings is 1. The molecule has 1 aliphatic rings. The Morgan fingerprint density at radius 2 is 1.86 bits per heavy atom. The van der Waals surface area contributed by atoms with Gasteiger partial charge in [0.25, 0.3) is 0 Å². The van der Waals surface area contributed by atoms with E-state index in [1.807, 2.05) is 0 Å². The molecule has 1 aliphatic carbocycles. The Kier molecular flexibility index (Phi) is 5.32. The van der Waals surface area contributed by atoms with Gasteiger partial charge in [0.05, 0.1) is 20.9 Å². The van der Waals surface area contributed by atoms with Crippen molar-refractivity contribution in [2.45, 2.75) is 37.0 Å². The quantitative estimate of drug-likeness (QED) is 0.602. The number of amides is 1. The van der Waals surface area contributed by atoms with E-state index in [1.165, 1.54) is 47.4 Å². The first-order valence-corrected chi connectivity index (χ1v) is 11.7. The van der Waals surface area contributed by atoms with Gasteiger partial charge in [-0.25, -0.2) is 13.4 Å². The molecule has 0 fully saturated rings. The Labute approximate surface area is 167 Å². The highest BCUT2D eigenvalue weighted by Gasteiger charge is 2.17. The van der Waals surface area contributed by atoms with Crippen LogP contribution in [0.2, 0.25) is 0 Å². The first-order chi connectivity index (χ1) is 13.5. The van der Waals surface area contributed by atoms with Crippen LogP contribution in [-0.2, 0) is 27.5 Å². The molecule has 4 rings (SSSR count). The maximum Gasteiger partial charge on any atom is 0.239 e. The molecule has 0 saturated carbocycles. The molecule has 2 aromatic carbocycles. The average Bonchev–Trinajstić information content (AvgIpc) is 3.15. The molecule has 0 saturated heterocycles. The summed E-state index contributed by atoms with van der Waals surface area (Å²) < 4.78 is 25.6. The highest BCUT2D eigenvalue weighted by atomic mass is 32.2. The fourth-order valence-electron chi connectivity index (χ4n) is 3.43. The topological polar surface area (TPSA) is 88.2 Å². The Bertz CT molecular complexity index is 1110. The smallest absolute Gasteiger partial charge is 0.239 e. The van der Waals surface area contributed by atoms with Crippen LogP contribution in [0.25, 0.3) is 10.2 Å². The van der Waals surface area contributed by atoms with Crippen LogP contribution in [0.15, 0.2) is 47.4 Å². The molecule has 8 heteroatoms. The normalized spacial score (nSPS) is 13.9. The van der Waals surface area contributed by atoms with E-state index in [2.05, 4.69) is 28.0 Å². The Balaban J connectivity index is 1.37. The highest BCUT2D eigenvalue weighted by molar-refractivity contribution is 7.91. The molecule has 1 amide bonds. The van der Waals surface area contributed by atoms with Gasteiger partial charge in [-0.1, -0.05) is 35.6 Å². The lowest BCUT2D eigenvalue weighted by Gasteiger charge is -2.15. The molecule has 0 radical (unpaired) electrons. The summed E-state index contributed by atoms with van der Waals surface area (Å²) >= 11 is 1.48. The van der Waals surface area contributed by atoms with Gasteiger partial charge in [0, 0.05) is 6.42 Å². The zero-order valence-electron chi connectivity index (χ0n) is 15.3. The van der Waals surface area contributed by atoms with Gasteiger partial charge in [0.2, 0.25) is 11.0 Å². The van der Waals surface area contributed by atoms with Gasteiger partial charge in [-0.3, -0.25) is 15.6 Å². The van der Waals surface area contributed by atoms with E-state index < -0.39 is 9.84 Å². The molecule has 0 aliphatic heterocycles. The number of carbonyl (C=O) groups is 1. The molecule has 28 heavy (non-hydrogen) atoms. The molecule has 146 valence electrons. The first kappa shape index (κ1) is 18.9. The maximum atomic E-state index is 12.3. The largest absolute Gasteiger partial charge is 0.273 e. The zero-order chi connectivity index (χ0) is 19.6. The minimum absolute atomic E-state index is 0.121. The fourth-order valence-corrected chi connectivity index (χ4v) is 5.54. The molecule has 1 aromatic heterocycles. The Hall–Kier alpha value is -2.45. The van der Waals surface area contributed by atoms with E-state index in [0.29, 0.717) is 5.13 Å². The van der Waals surface area contributed by atoms with Gasteiger partial charge in [-0.2, -0.15) is 0 Å². The van der Waals surface area contributed by atoms with Gasteiger partial charge >= 0.3 is 0 Å². The number of nitrogens with one attached hydrogen (secondary N) is 2. The molecular weight excluding hydrogens is 394 g/mol. The first-order valence-electron chi connectivity index (χ1n) is 9.27. The number of benzene rings is 2. The van der Waals surface area contributed by atoms with Crippen LogP contribution >= 0.6 is 11.3 Å². The highest BCUT2D eigenvalue weighted by Crippen LogP contribution is 2.33. The number of rotatable bonds is 6. The van der Waals surface area contributed by atoms with Crippen molar-refractivity contribution in [3.63, 3.8) is 0 Å². The summed E-state index contributed by atoms with van der Waals surface area (Å²) in [5, 5.41) is 0.605. The number of aromatic nitrogens is 1. The van der Waals surface area contributed by atoms with E-state index in [4.69, 9.17) is 0 Å². The number of aryl methyl sites for hydroxylation is 2. The number of carbonyl (C=O) groups excluding carboxylic acids is 1. The molecular formula is C20H21N3O3S2. The molecule has 1 heterocycles. The standard InChI is InChI=1S/C20H21N3O3S2/c24-18(12-13-28(25,26)15-7-2-1-3-8-15)22-23-20-21-19-16-9-5-4-6-14(16)10-11-17(19)27-20/h1-3,7-8,10-11H,4-6,9,12-13H2,(H,21,23)(H,22,24). The van der Waals surface area contributed by atoms with Crippen LogP contribution in [0.3, 0.4) is 0 Å². The monoisotopic (exact) mass is 415 g/mol. The third-order valence-electron chi connectivity index (χ3n) is 4.89. The fraction of sp³-hybridized carbons (Fsp3) is 0.300. The summed E-state index contributed by atoms with van der Waals surface area (Å²) in [7, 11) is -3.47. The Morgan fingerprint density at radius 1 is 1.07 bits per heavy atom. The summed E-state index contributed by atoms with van der Waals surface area (Å²) in [6.45, 7) is 0. The number of hydrogen-bond donors (Lipinski definition) is 2. The van der Waals surface area contributed by atoms with E-state index in [1.54, 1.807) is 18.2 Å². The van der Waals surface area contributed by atoms with Crippen LogP contribution in [-0.4, -0.2) is 25.1 Å². The molecule has 2 N–H and O–H groups in total. The van der Waals surface area contributed by atoms with Gasteiger partial charge in [-0.15, -0.1) is 0 Å². The zero-order valence-corrected chi connectivity index (χ0v) is 16.9. The lowest BCUT2D eigenvalue weighted by Crippen LogP contribution is -2.30. The SMILES string of the molecule is O=C(CCS(=O)(=O)c1ccccc1)NNc1nc2c3c(ccc2s1)CCCC3. The van der Waals surface area contributed by atoms with Crippen LogP contribution in [0.4, 0.5) is 5.13 Å². The molecule has 6 nitrogen and oxygen atoms in total. The van der Waals surface area contributed by atoms with Crippen molar-refractivity contribution in [3.05, 3.63) is 53.6 Å². The second kappa shape index (κ2) is 7.89. The third kappa shape index (κ3) is 4.02. The van der Waals surface area contributed by atoms with Crippen LogP contribution in [0.1, 0.15) is 30.4 Å². The predicted molar refractivity (Wildman–Crippen MR) is 111 cm³/mol. The summed E-state index contributed by atoms with van der Waals surface area (Å²) in [5.74, 6) is -0.626. The van der Waals surface area contributed by atoms with Crippen molar-refractivity contribution in [2.75, 3.05) is 11.2 Å². The van der Waals surface area contributed by atoms with Gasteiger partial charge < -0.3 is 0 Å². The predicted octanol–water partition coefficient (Wildman–Crippen LogP) is 3.48. The van der Waals surface area contributed by atoms with Crippen molar-refractivity contribution in [1.29, 1.82) is 0 Å². The third-order valence-corrected chi connectivity index (χ3v) is 7.56. The minimum atomic E-state index is -3.47. The number of nitrogens with zero attached hydrogens (tertiary/aromatic N) is 1.